The third-order valence-corrected chi connectivity index (χ3v) is 5.78. The Labute approximate surface area is 228 Å². The highest BCUT2D eigenvalue weighted by Crippen LogP contribution is 2.14. The molecule has 0 heterocycles. The summed E-state index contributed by atoms with van der Waals surface area (Å²) in [7, 11) is 0. The van der Waals surface area contributed by atoms with E-state index in [0.29, 0.717) is 30.0 Å². The van der Waals surface area contributed by atoms with Crippen LogP contribution in [0, 0.1) is 11.6 Å². The van der Waals surface area contributed by atoms with E-state index < -0.39 is 5.82 Å². The smallest absolute Gasteiger partial charge is 0.319 e. The number of nitrogens with zero attached hydrogens (tertiary/aromatic N) is 1. The average Bonchev–Trinajstić information content (AvgIpc) is 2.83. The molecule has 188 valence electrons. The maximum Gasteiger partial charge on any atom is 0.319 e. The Morgan fingerprint density at radius 1 is 0.857 bits per heavy atom. The van der Waals surface area contributed by atoms with Gasteiger partial charge in [0.15, 0.2) is 0 Å². The van der Waals surface area contributed by atoms with Crippen molar-refractivity contribution in [2.45, 2.75) is 25.7 Å². The monoisotopic (exact) mass is 613 g/mol. The number of anilines is 1. The SMILES string of the molecule is I.O=C(NCCCN(CCCc1cc(F)ccc1F)CCc1ccc(Cl)cc1)Nc1ccccc1. The molecule has 0 spiro atoms. The molecule has 0 fully saturated rings. The molecular formula is C27H31ClF2IN3O. The number of hydrogen-bond donors (Lipinski definition) is 2. The maximum atomic E-state index is 13.9. The van der Waals surface area contributed by atoms with Gasteiger partial charge in [-0.15, -0.1) is 24.0 Å². The van der Waals surface area contributed by atoms with Crippen LogP contribution in [0.15, 0.2) is 72.8 Å². The van der Waals surface area contributed by atoms with Gasteiger partial charge in [0.25, 0.3) is 0 Å². The lowest BCUT2D eigenvalue weighted by molar-refractivity contribution is 0.248. The van der Waals surface area contributed by atoms with Gasteiger partial charge in [0, 0.05) is 23.8 Å². The normalized spacial score (nSPS) is 10.6. The molecule has 0 aliphatic carbocycles. The predicted octanol–water partition coefficient (Wildman–Crippen LogP) is 6.93. The van der Waals surface area contributed by atoms with E-state index in [1.807, 2.05) is 54.6 Å². The molecule has 2 amide bonds. The van der Waals surface area contributed by atoms with Gasteiger partial charge in [-0.25, -0.2) is 13.6 Å². The van der Waals surface area contributed by atoms with Crippen LogP contribution in [0.25, 0.3) is 0 Å². The number of nitrogens with one attached hydrogen (secondary N) is 2. The topological polar surface area (TPSA) is 44.4 Å². The fraction of sp³-hybridized carbons (Fsp3) is 0.296. The standard InChI is InChI=1S/C27H30ClF2N3O.HI/c28-23-11-9-21(10-12-23)15-19-33(17-4-6-22-20-24(29)13-14-26(22)30)18-5-16-31-27(34)32-25-7-2-1-3-8-25;/h1-3,7-14,20H,4-6,15-19H2,(H2,31,32,34);1H. The number of hydrogen-bond acceptors (Lipinski definition) is 2. The summed E-state index contributed by atoms with van der Waals surface area (Å²) in [6, 6.07) is 20.4. The Kier molecular flexibility index (Phi) is 13.0. The van der Waals surface area contributed by atoms with E-state index in [2.05, 4.69) is 15.5 Å². The van der Waals surface area contributed by atoms with Crippen molar-refractivity contribution in [1.29, 1.82) is 0 Å². The van der Waals surface area contributed by atoms with Gasteiger partial charge >= 0.3 is 6.03 Å². The van der Waals surface area contributed by atoms with Crippen molar-refractivity contribution in [3.63, 3.8) is 0 Å². The Morgan fingerprint density at radius 2 is 1.57 bits per heavy atom. The van der Waals surface area contributed by atoms with Crippen LogP contribution < -0.4 is 10.6 Å². The Morgan fingerprint density at radius 3 is 2.31 bits per heavy atom. The van der Waals surface area contributed by atoms with Gasteiger partial charge < -0.3 is 15.5 Å². The third-order valence-electron chi connectivity index (χ3n) is 5.53. The molecule has 35 heavy (non-hydrogen) atoms. The predicted molar refractivity (Wildman–Crippen MR) is 150 cm³/mol. The number of urea groups is 1. The molecular weight excluding hydrogens is 583 g/mol. The summed E-state index contributed by atoms with van der Waals surface area (Å²) < 4.78 is 27.4. The molecule has 0 saturated heterocycles. The van der Waals surface area contributed by atoms with Gasteiger partial charge in [0.05, 0.1) is 0 Å². The van der Waals surface area contributed by atoms with Crippen LogP contribution in [0.1, 0.15) is 24.0 Å². The van der Waals surface area contributed by atoms with E-state index in [1.165, 1.54) is 17.7 Å². The van der Waals surface area contributed by atoms with Crippen molar-refractivity contribution in [2.24, 2.45) is 0 Å². The summed E-state index contributed by atoms with van der Waals surface area (Å²) in [6.45, 7) is 2.89. The lowest BCUT2D eigenvalue weighted by atomic mass is 10.1. The summed E-state index contributed by atoms with van der Waals surface area (Å²) in [4.78, 5) is 14.4. The zero-order valence-corrected chi connectivity index (χ0v) is 22.6. The fourth-order valence-electron chi connectivity index (χ4n) is 3.70. The van der Waals surface area contributed by atoms with Crippen molar-refractivity contribution < 1.29 is 13.6 Å². The number of benzene rings is 3. The van der Waals surface area contributed by atoms with Crippen molar-refractivity contribution in [1.82, 2.24) is 10.2 Å². The van der Waals surface area contributed by atoms with Crippen molar-refractivity contribution in [2.75, 3.05) is 31.5 Å². The summed E-state index contributed by atoms with van der Waals surface area (Å²) >= 11 is 5.98. The summed E-state index contributed by atoms with van der Waals surface area (Å²) in [6.07, 6.45) is 2.81. The number of aryl methyl sites for hydroxylation is 1. The minimum absolute atomic E-state index is 0. The lowest BCUT2D eigenvalue weighted by Gasteiger charge is -2.22. The minimum atomic E-state index is -0.421. The molecule has 0 radical (unpaired) electrons. The van der Waals surface area contributed by atoms with Crippen molar-refractivity contribution in [3.8, 4) is 0 Å². The second-order valence-electron chi connectivity index (χ2n) is 8.16. The summed E-state index contributed by atoms with van der Waals surface area (Å²) in [5.74, 6) is -0.793. The highest BCUT2D eigenvalue weighted by Gasteiger charge is 2.09. The lowest BCUT2D eigenvalue weighted by Crippen LogP contribution is -2.34. The first-order valence-electron chi connectivity index (χ1n) is 11.5. The van der Waals surface area contributed by atoms with Gasteiger partial charge in [-0.05, 0) is 92.4 Å². The molecule has 0 aliphatic rings. The van der Waals surface area contributed by atoms with Crippen LogP contribution in [-0.2, 0) is 12.8 Å². The number of halogens is 4. The minimum Gasteiger partial charge on any atom is -0.338 e. The Balaban J connectivity index is 0.00000432. The van der Waals surface area contributed by atoms with Crippen molar-refractivity contribution >= 4 is 47.3 Å². The van der Waals surface area contributed by atoms with Crippen molar-refractivity contribution in [3.05, 3.63) is 101 Å². The van der Waals surface area contributed by atoms with E-state index in [9.17, 15) is 13.6 Å². The van der Waals surface area contributed by atoms with Crippen LogP contribution >= 0.6 is 35.6 Å². The zero-order chi connectivity index (χ0) is 24.2. The average molecular weight is 614 g/mol. The molecule has 0 bridgehead atoms. The van der Waals surface area contributed by atoms with Crippen LogP contribution in [0.5, 0.6) is 0 Å². The highest BCUT2D eigenvalue weighted by atomic mass is 127. The van der Waals surface area contributed by atoms with E-state index in [4.69, 9.17) is 11.6 Å². The van der Waals surface area contributed by atoms with Gasteiger partial charge in [-0.1, -0.05) is 41.9 Å². The van der Waals surface area contributed by atoms with Gasteiger partial charge in [0.2, 0.25) is 0 Å². The fourth-order valence-corrected chi connectivity index (χ4v) is 3.83. The van der Waals surface area contributed by atoms with Crippen LogP contribution in [0.4, 0.5) is 19.3 Å². The molecule has 0 saturated carbocycles. The second-order valence-corrected chi connectivity index (χ2v) is 8.59. The number of carbonyl (C=O) groups is 1. The van der Waals surface area contributed by atoms with Crippen LogP contribution in [0.2, 0.25) is 5.02 Å². The first-order chi connectivity index (χ1) is 16.5. The molecule has 3 aromatic carbocycles. The molecule has 2 N–H and O–H groups in total. The maximum absolute atomic E-state index is 13.9. The van der Waals surface area contributed by atoms with E-state index in [-0.39, 0.29) is 35.8 Å². The summed E-state index contributed by atoms with van der Waals surface area (Å²) in [5, 5.41) is 6.39. The number of rotatable bonds is 12. The van der Waals surface area contributed by atoms with Gasteiger partial charge in [0.1, 0.15) is 11.6 Å². The molecule has 0 unspecified atom stereocenters. The highest BCUT2D eigenvalue weighted by molar-refractivity contribution is 14.0. The molecule has 0 aromatic heterocycles. The molecule has 3 rings (SSSR count). The Bertz CT molecular complexity index is 1040. The first-order valence-corrected chi connectivity index (χ1v) is 11.9. The second kappa shape index (κ2) is 15.7. The largest absolute Gasteiger partial charge is 0.338 e. The number of amides is 2. The molecule has 0 aliphatic heterocycles. The van der Waals surface area contributed by atoms with Crippen LogP contribution in [-0.4, -0.2) is 37.1 Å². The van der Waals surface area contributed by atoms with E-state index in [1.54, 1.807) is 0 Å². The third kappa shape index (κ3) is 10.9. The quantitative estimate of drug-likeness (QED) is 0.172. The first kappa shape index (κ1) is 29.0. The molecule has 3 aromatic rings. The number of carbonyl (C=O) groups excluding carboxylic acids is 1. The van der Waals surface area contributed by atoms with Crippen LogP contribution in [0.3, 0.4) is 0 Å². The molecule has 4 nitrogen and oxygen atoms in total. The van der Waals surface area contributed by atoms with E-state index >= 15 is 0 Å². The molecule has 0 atom stereocenters. The summed E-state index contributed by atoms with van der Waals surface area (Å²) in [5.41, 5.74) is 2.33. The Hall–Kier alpha value is -2.23. The number of para-hydroxylation sites is 1. The van der Waals surface area contributed by atoms with E-state index in [0.717, 1.165) is 44.2 Å². The van der Waals surface area contributed by atoms with Gasteiger partial charge in [-0.3, -0.25) is 0 Å². The zero-order valence-electron chi connectivity index (χ0n) is 19.5. The molecule has 8 heteroatoms. The van der Waals surface area contributed by atoms with Gasteiger partial charge in [-0.2, -0.15) is 0 Å².